The molecule has 2 bridgehead atoms. The minimum atomic E-state index is -1.04. The second kappa shape index (κ2) is 4.74. The zero-order valence-electron chi connectivity index (χ0n) is 16.4. The molecule has 4 aliphatic rings. The van der Waals surface area contributed by atoms with Gasteiger partial charge in [-0.15, -0.1) is 0 Å². The van der Waals surface area contributed by atoms with E-state index in [2.05, 4.69) is 4.90 Å². The molecule has 150 valence electrons. The van der Waals surface area contributed by atoms with Crippen molar-refractivity contribution in [3.8, 4) is 5.75 Å². The van der Waals surface area contributed by atoms with Gasteiger partial charge in [0.1, 0.15) is 11.3 Å². The fourth-order valence-corrected chi connectivity index (χ4v) is 7.43. The van der Waals surface area contributed by atoms with Gasteiger partial charge in [0, 0.05) is 43.0 Å². The molecule has 4 N–H and O–H groups in total. The van der Waals surface area contributed by atoms with Gasteiger partial charge in [0.05, 0.1) is 11.6 Å². The minimum Gasteiger partial charge on any atom is -0.508 e. The van der Waals surface area contributed by atoms with Crippen LogP contribution in [0.25, 0.3) is 0 Å². The maximum Gasteiger partial charge on any atom is 0.263 e. The molecule has 2 spiro atoms. The van der Waals surface area contributed by atoms with E-state index in [9.17, 15) is 19.8 Å². The third-order valence-corrected chi connectivity index (χ3v) is 8.27. The van der Waals surface area contributed by atoms with Crippen LogP contribution >= 0.6 is 0 Å². The molecule has 2 unspecified atom stereocenters. The smallest absolute Gasteiger partial charge is 0.263 e. The van der Waals surface area contributed by atoms with Gasteiger partial charge in [-0.1, -0.05) is 6.07 Å². The minimum absolute atomic E-state index is 0.0329. The summed E-state index contributed by atoms with van der Waals surface area (Å²) >= 11 is 0. The average molecular weight is 393 g/mol. The quantitative estimate of drug-likeness (QED) is 0.628. The number of pyridine rings is 1. The second-order valence-electron chi connectivity index (χ2n) is 9.50. The maximum absolute atomic E-state index is 12.7. The van der Waals surface area contributed by atoms with Crippen LogP contribution in [0, 0.1) is 0 Å². The lowest BCUT2D eigenvalue weighted by molar-refractivity contribution is -0.126. The summed E-state index contributed by atoms with van der Waals surface area (Å²) in [5.74, 6) is -0.557. The summed E-state index contributed by atoms with van der Waals surface area (Å²) in [6.45, 7) is 0.862. The third kappa shape index (κ3) is 1.62. The summed E-state index contributed by atoms with van der Waals surface area (Å²) in [4.78, 5) is 26.7. The van der Waals surface area contributed by atoms with Gasteiger partial charge in [0.2, 0.25) is 0 Å². The number of nitrogens with zero attached hydrogens (tertiary/aromatic N) is 2. The fraction of sp³-hybridized carbons (Fsp3) is 0.455. The normalized spacial score (nSPS) is 36.0. The molecule has 2 fully saturated rings. The van der Waals surface area contributed by atoms with E-state index in [0.29, 0.717) is 12.8 Å². The van der Waals surface area contributed by atoms with E-state index < -0.39 is 22.5 Å². The number of primary amides is 1. The molecule has 4 atom stereocenters. The molecule has 0 radical (unpaired) electrons. The lowest BCUT2D eigenvalue weighted by Gasteiger charge is -2.61. The van der Waals surface area contributed by atoms with Gasteiger partial charge in [-0.3, -0.25) is 14.5 Å². The van der Waals surface area contributed by atoms with E-state index in [1.54, 1.807) is 25.2 Å². The summed E-state index contributed by atoms with van der Waals surface area (Å²) in [6, 6.07) is 7.07. The molecule has 1 saturated heterocycles. The highest BCUT2D eigenvalue weighted by Gasteiger charge is 2.80. The average Bonchev–Trinajstić information content (AvgIpc) is 3.01. The van der Waals surface area contributed by atoms with Crippen LogP contribution in [-0.2, 0) is 30.7 Å². The van der Waals surface area contributed by atoms with Gasteiger partial charge in [-0.25, -0.2) is 0 Å². The van der Waals surface area contributed by atoms with Crippen molar-refractivity contribution >= 4 is 5.91 Å². The van der Waals surface area contributed by atoms with Crippen molar-refractivity contribution in [2.45, 2.75) is 41.7 Å². The fourth-order valence-electron chi connectivity index (χ4n) is 7.43. The number of benzene rings is 1. The van der Waals surface area contributed by atoms with Crippen molar-refractivity contribution in [1.29, 1.82) is 0 Å². The summed E-state index contributed by atoms with van der Waals surface area (Å²) in [5.41, 5.74) is 7.09. The summed E-state index contributed by atoms with van der Waals surface area (Å²) in [5, 5.41) is 22.4. The standard InChI is InChI=1S/C22H23N3O4/c1-24-10-20-9-21(15-6-12(26)3-4-14(15)20)8-16-11(7-22(21,29)19(20)24)5-13(17(23)27)18(28)25(16)2/h3-6,19,26,29H,7-10H2,1-2H3,(H2,23,27)/t19?,20?,21-,22+/m0/s1. The molecule has 1 amide bonds. The Morgan fingerprint density at radius 3 is 2.66 bits per heavy atom. The SMILES string of the molecule is CN1CC23C[C@@]4(Cc5c(cc(C(N)=O)c(=O)n5C)C[C@@]4(O)C12)c1cc(O)ccc13. The van der Waals surface area contributed by atoms with Crippen LogP contribution in [0.2, 0.25) is 0 Å². The first-order valence-corrected chi connectivity index (χ1v) is 9.93. The van der Waals surface area contributed by atoms with E-state index in [4.69, 9.17) is 5.73 Å². The first-order chi connectivity index (χ1) is 13.6. The summed E-state index contributed by atoms with van der Waals surface area (Å²) < 4.78 is 1.52. The van der Waals surface area contributed by atoms with Crippen LogP contribution in [0.5, 0.6) is 5.75 Å². The van der Waals surface area contributed by atoms with Crippen molar-refractivity contribution in [2.75, 3.05) is 13.6 Å². The van der Waals surface area contributed by atoms with Gasteiger partial charge in [-0.05, 0) is 48.4 Å². The molecule has 6 rings (SSSR count). The van der Waals surface area contributed by atoms with Crippen LogP contribution in [0.4, 0.5) is 0 Å². The monoisotopic (exact) mass is 393 g/mol. The first-order valence-electron chi connectivity index (χ1n) is 9.93. The number of likely N-dealkylation sites (tertiary alicyclic amines) is 1. The first kappa shape index (κ1) is 17.2. The van der Waals surface area contributed by atoms with Gasteiger partial charge in [-0.2, -0.15) is 0 Å². The largest absolute Gasteiger partial charge is 0.508 e. The molecular weight excluding hydrogens is 370 g/mol. The summed E-state index contributed by atoms with van der Waals surface area (Å²) in [6.07, 6.45) is 1.64. The van der Waals surface area contributed by atoms with Crippen LogP contribution < -0.4 is 11.3 Å². The van der Waals surface area contributed by atoms with Crippen molar-refractivity contribution in [2.24, 2.45) is 12.8 Å². The molecule has 7 nitrogen and oxygen atoms in total. The predicted octanol–water partition coefficient (Wildman–Crippen LogP) is -0.0734. The zero-order valence-corrected chi connectivity index (χ0v) is 16.4. The number of nitrogens with two attached hydrogens (primary N) is 1. The van der Waals surface area contributed by atoms with Crippen LogP contribution in [0.15, 0.2) is 29.1 Å². The number of carbonyl (C=O) groups excluding carboxylic acids is 1. The Morgan fingerprint density at radius 1 is 1.21 bits per heavy atom. The Labute approximate surface area is 167 Å². The molecule has 1 aliphatic heterocycles. The topological polar surface area (TPSA) is 109 Å². The second-order valence-corrected chi connectivity index (χ2v) is 9.50. The highest BCUT2D eigenvalue weighted by atomic mass is 16.3. The molecule has 1 aromatic heterocycles. The number of rotatable bonds is 1. The van der Waals surface area contributed by atoms with Crippen LogP contribution in [0.1, 0.15) is 39.2 Å². The van der Waals surface area contributed by atoms with Crippen LogP contribution in [-0.4, -0.2) is 50.8 Å². The van der Waals surface area contributed by atoms with Gasteiger partial charge < -0.3 is 20.5 Å². The van der Waals surface area contributed by atoms with Crippen molar-refractivity contribution in [1.82, 2.24) is 9.47 Å². The lowest BCUT2D eigenvalue weighted by atomic mass is 9.55. The molecule has 1 aromatic carbocycles. The molecule has 3 aliphatic carbocycles. The Balaban J connectivity index is 1.65. The zero-order chi connectivity index (χ0) is 20.5. The Hall–Kier alpha value is -2.64. The number of hydrogen-bond acceptors (Lipinski definition) is 5. The van der Waals surface area contributed by atoms with Crippen molar-refractivity contribution < 1.29 is 15.0 Å². The number of hydrogen-bond donors (Lipinski definition) is 3. The number of phenolic OH excluding ortho intramolecular Hbond substituents is 1. The van der Waals surface area contributed by atoms with E-state index >= 15 is 0 Å². The molecule has 2 heterocycles. The number of aromatic hydroxyl groups is 1. The lowest BCUT2D eigenvalue weighted by Crippen LogP contribution is -2.74. The van der Waals surface area contributed by atoms with E-state index in [-0.39, 0.29) is 22.8 Å². The van der Waals surface area contributed by atoms with Gasteiger partial charge in [0.15, 0.2) is 0 Å². The number of likely N-dealkylation sites (N-methyl/N-ethyl adjacent to an activating group) is 1. The van der Waals surface area contributed by atoms with E-state index in [1.165, 1.54) is 10.1 Å². The number of aromatic nitrogens is 1. The Kier molecular flexibility index (Phi) is 2.82. The van der Waals surface area contributed by atoms with E-state index in [0.717, 1.165) is 29.8 Å². The number of phenols is 1. The highest BCUT2D eigenvalue weighted by Crippen LogP contribution is 2.72. The molecular formula is C22H23N3O4. The van der Waals surface area contributed by atoms with Crippen molar-refractivity contribution in [3.05, 3.63) is 62.6 Å². The highest BCUT2D eigenvalue weighted by molar-refractivity contribution is 5.92. The maximum atomic E-state index is 12.7. The molecule has 7 heteroatoms. The predicted molar refractivity (Wildman–Crippen MR) is 105 cm³/mol. The van der Waals surface area contributed by atoms with Gasteiger partial charge >= 0.3 is 0 Å². The third-order valence-electron chi connectivity index (χ3n) is 8.27. The number of fused-ring (bicyclic) bond motifs is 3. The molecule has 29 heavy (non-hydrogen) atoms. The Morgan fingerprint density at radius 2 is 1.97 bits per heavy atom. The molecule has 2 aromatic rings. The number of amides is 1. The summed E-state index contributed by atoms with van der Waals surface area (Å²) in [7, 11) is 3.70. The van der Waals surface area contributed by atoms with E-state index in [1.807, 2.05) is 13.1 Å². The Bertz CT molecular complexity index is 1200. The van der Waals surface area contributed by atoms with Crippen LogP contribution in [0.3, 0.4) is 0 Å². The van der Waals surface area contributed by atoms with Crippen molar-refractivity contribution in [3.63, 3.8) is 0 Å². The number of aliphatic hydroxyl groups is 1. The van der Waals surface area contributed by atoms with Gasteiger partial charge in [0.25, 0.3) is 11.5 Å². The molecule has 1 saturated carbocycles. The number of carbonyl (C=O) groups is 1.